The van der Waals surface area contributed by atoms with Crippen LogP contribution in [0.15, 0.2) is 55.1 Å². The molecule has 1 aliphatic heterocycles. The van der Waals surface area contributed by atoms with E-state index >= 15 is 0 Å². The average molecular weight is 444 g/mol. The molecule has 2 N–H and O–H groups in total. The molecule has 162 valence electrons. The Morgan fingerprint density at radius 3 is 2.56 bits per heavy atom. The second-order valence-electron chi connectivity index (χ2n) is 8.17. The number of anilines is 2. The maximum Gasteiger partial charge on any atom is 0.258 e. The third-order valence-electron chi connectivity index (χ3n) is 5.80. The second kappa shape index (κ2) is 8.94. The van der Waals surface area contributed by atoms with E-state index in [0.29, 0.717) is 43.1 Å². The number of nitrogens with one attached hydrogen (secondary N) is 2. The fourth-order valence-corrected chi connectivity index (χ4v) is 3.90. The number of aromatic amines is 1. The van der Waals surface area contributed by atoms with Gasteiger partial charge in [0, 0.05) is 61.3 Å². The summed E-state index contributed by atoms with van der Waals surface area (Å²) in [6.45, 7) is 2.46. The smallest absolute Gasteiger partial charge is 0.258 e. The minimum absolute atomic E-state index is 0.221. The highest BCUT2D eigenvalue weighted by molar-refractivity contribution is 6.59. The Kier molecular flexibility index (Phi) is 5.83. The molecule has 34 heavy (non-hydrogen) atoms. The summed E-state index contributed by atoms with van der Waals surface area (Å²) in [5, 5.41) is 9.08. The van der Waals surface area contributed by atoms with Crippen LogP contribution >= 0.6 is 0 Å². The van der Waals surface area contributed by atoms with Crippen molar-refractivity contribution in [2.45, 2.75) is 5.24 Å². The predicted molar refractivity (Wildman–Crippen MR) is 133 cm³/mol. The zero-order valence-corrected chi connectivity index (χ0v) is 18.3. The van der Waals surface area contributed by atoms with Crippen LogP contribution in [0.3, 0.4) is 0 Å². The van der Waals surface area contributed by atoms with Crippen LogP contribution < -0.4 is 10.2 Å². The summed E-state index contributed by atoms with van der Waals surface area (Å²) < 4.78 is 0. The van der Waals surface area contributed by atoms with Crippen molar-refractivity contribution in [1.82, 2.24) is 30.0 Å². The van der Waals surface area contributed by atoms with Crippen LogP contribution in [0.2, 0.25) is 0 Å². The van der Waals surface area contributed by atoms with Crippen LogP contribution in [0.5, 0.6) is 0 Å². The molecule has 1 aromatic carbocycles. The quantitative estimate of drug-likeness (QED) is 0.442. The molecule has 3 aromatic heterocycles. The van der Waals surface area contributed by atoms with Gasteiger partial charge >= 0.3 is 0 Å². The number of carbonyl (C=O) groups excluding carboxylic acids is 1. The van der Waals surface area contributed by atoms with Gasteiger partial charge in [0.05, 0.1) is 35.3 Å². The van der Waals surface area contributed by atoms with Crippen LogP contribution in [-0.4, -0.2) is 90.9 Å². The molecule has 0 spiro atoms. The fourth-order valence-electron chi connectivity index (χ4n) is 3.90. The van der Waals surface area contributed by atoms with Gasteiger partial charge in [0.25, 0.3) is 5.91 Å². The van der Waals surface area contributed by atoms with E-state index in [1.807, 2.05) is 24.4 Å². The largest absolute Gasteiger partial charge is 0.354 e. The maximum atomic E-state index is 12.9. The van der Waals surface area contributed by atoms with Crippen molar-refractivity contribution >= 4 is 52.1 Å². The first-order chi connectivity index (χ1) is 16.4. The Labute approximate surface area is 200 Å². The highest BCUT2D eigenvalue weighted by Gasteiger charge is 2.25. The summed E-state index contributed by atoms with van der Waals surface area (Å²) in [5.41, 5.74) is 3.08. The van der Waals surface area contributed by atoms with Crippen molar-refractivity contribution in [3.63, 3.8) is 0 Å². The lowest BCUT2D eigenvalue weighted by atomic mass is 9.48. The molecule has 6 radical (unpaired) electrons. The number of carbonyl (C=O) groups is 1. The predicted octanol–water partition coefficient (Wildman–Crippen LogP) is 0.906. The lowest BCUT2D eigenvalue weighted by molar-refractivity contribution is 0.102. The number of hydrogen-bond donors (Lipinski definition) is 2. The number of fused-ring (bicyclic) bond motifs is 1. The third-order valence-corrected chi connectivity index (χ3v) is 5.80. The van der Waals surface area contributed by atoms with Crippen molar-refractivity contribution in [3.05, 3.63) is 60.7 Å². The molecule has 0 unspecified atom stereocenters. The molecule has 1 aliphatic rings. The fraction of sp³-hybridized carbons (Fsp3) is 0.227. The van der Waals surface area contributed by atoms with Gasteiger partial charge in [-0.2, -0.15) is 5.10 Å². The third kappa shape index (κ3) is 4.67. The van der Waals surface area contributed by atoms with E-state index in [0.717, 1.165) is 16.5 Å². The zero-order chi connectivity index (χ0) is 23.7. The molecule has 9 nitrogen and oxygen atoms in total. The lowest BCUT2D eigenvalue weighted by Gasteiger charge is -2.43. The van der Waals surface area contributed by atoms with Gasteiger partial charge in [-0.3, -0.25) is 15.2 Å². The molecule has 4 aromatic rings. The standard InChI is InChI=1S/C22H19B3N8O/c23-22(24,25)33-7-5-32(6-8-33)19-10-15(3-4-26-19)20(34)31-21-27-11-16-2-1-14(9-18(16)30-21)17-12-28-29-13-17/h1-4,9-13H,5-8H2,(H,28,29)(H,27,30,31,34). The Bertz CT molecular complexity index is 1320. The van der Waals surface area contributed by atoms with Gasteiger partial charge in [-0.05, 0) is 23.8 Å². The summed E-state index contributed by atoms with van der Waals surface area (Å²) >= 11 is 0. The van der Waals surface area contributed by atoms with Gasteiger partial charge in [-0.15, -0.1) is 0 Å². The van der Waals surface area contributed by atoms with Gasteiger partial charge in [-0.25, -0.2) is 15.0 Å². The van der Waals surface area contributed by atoms with Crippen LogP contribution in [0.25, 0.3) is 22.0 Å². The zero-order valence-electron chi connectivity index (χ0n) is 18.3. The normalized spacial score (nSPS) is 14.9. The molecule has 12 heteroatoms. The molecule has 5 rings (SSSR count). The van der Waals surface area contributed by atoms with Crippen LogP contribution in [-0.2, 0) is 0 Å². The minimum atomic E-state index is -1.35. The van der Waals surface area contributed by atoms with Crippen LogP contribution in [0, 0.1) is 0 Å². The van der Waals surface area contributed by atoms with Gasteiger partial charge in [0.1, 0.15) is 5.82 Å². The summed E-state index contributed by atoms with van der Waals surface area (Å²) in [4.78, 5) is 30.0. The first kappa shape index (κ1) is 22.2. The van der Waals surface area contributed by atoms with Crippen LogP contribution in [0.1, 0.15) is 10.4 Å². The van der Waals surface area contributed by atoms with E-state index < -0.39 is 5.24 Å². The van der Waals surface area contributed by atoms with E-state index in [-0.39, 0.29) is 11.9 Å². The number of hydrogen-bond acceptors (Lipinski definition) is 7. The molecule has 1 saturated heterocycles. The summed E-state index contributed by atoms with van der Waals surface area (Å²) in [6.07, 6.45) is 6.84. The van der Waals surface area contributed by atoms with Crippen molar-refractivity contribution < 1.29 is 4.79 Å². The maximum absolute atomic E-state index is 12.9. The summed E-state index contributed by atoms with van der Waals surface area (Å²) in [5.74, 6) is 0.588. The van der Waals surface area contributed by atoms with E-state index in [9.17, 15) is 4.79 Å². The van der Waals surface area contributed by atoms with Crippen molar-refractivity contribution in [3.8, 4) is 11.1 Å². The Morgan fingerprint density at radius 2 is 1.82 bits per heavy atom. The molecule has 0 atom stereocenters. The molecule has 0 aliphatic carbocycles. The summed E-state index contributed by atoms with van der Waals surface area (Å²) in [6, 6.07) is 9.23. The number of benzene rings is 1. The van der Waals surface area contributed by atoms with Gasteiger partial charge < -0.3 is 9.80 Å². The molecular weight excluding hydrogens is 425 g/mol. The minimum Gasteiger partial charge on any atom is -0.354 e. The number of piperazine rings is 1. The highest BCUT2D eigenvalue weighted by Crippen LogP contribution is 2.23. The highest BCUT2D eigenvalue weighted by atomic mass is 16.1. The molecule has 0 bridgehead atoms. The SMILES string of the molecule is [B]C([B])([B])N1CCN(c2cc(C(=O)Nc3ncc4ccc(-c5cn[nH]c5)cc4n3)ccn2)CC1. The van der Waals surface area contributed by atoms with Crippen molar-refractivity contribution in [1.29, 1.82) is 0 Å². The monoisotopic (exact) mass is 444 g/mol. The van der Waals surface area contributed by atoms with Crippen LogP contribution in [0.4, 0.5) is 11.8 Å². The van der Waals surface area contributed by atoms with Crippen molar-refractivity contribution in [2.24, 2.45) is 0 Å². The van der Waals surface area contributed by atoms with Gasteiger partial charge in [0.15, 0.2) is 0 Å². The number of aromatic nitrogens is 5. The van der Waals surface area contributed by atoms with Gasteiger partial charge in [-0.1, -0.05) is 17.4 Å². The van der Waals surface area contributed by atoms with E-state index in [1.54, 1.807) is 35.6 Å². The number of rotatable bonds is 5. The second-order valence-corrected chi connectivity index (χ2v) is 8.17. The lowest BCUT2D eigenvalue weighted by Crippen LogP contribution is -2.58. The number of H-pyrrole nitrogens is 1. The Balaban J connectivity index is 1.31. The van der Waals surface area contributed by atoms with Crippen molar-refractivity contribution in [2.75, 3.05) is 36.4 Å². The first-order valence-electron chi connectivity index (χ1n) is 10.8. The first-order valence-corrected chi connectivity index (χ1v) is 10.8. The summed E-state index contributed by atoms with van der Waals surface area (Å²) in [7, 11) is 17.3. The number of amides is 1. The molecule has 1 fully saturated rings. The number of pyridine rings is 1. The average Bonchev–Trinajstić information content (AvgIpc) is 3.38. The van der Waals surface area contributed by atoms with E-state index in [1.165, 1.54) is 0 Å². The van der Waals surface area contributed by atoms with E-state index in [4.69, 9.17) is 23.5 Å². The molecular formula is C22H19B3N8O. The molecule has 4 heterocycles. The number of nitrogens with zero attached hydrogens (tertiary/aromatic N) is 6. The van der Waals surface area contributed by atoms with Gasteiger partial charge in [0.2, 0.25) is 5.95 Å². The molecule has 0 saturated carbocycles. The van der Waals surface area contributed by atoms with E-state index in [2.05, 4.69) is 35.4 Å². The topological polar surface area (TPSA) is 103 Å². The Hall–Kier alpha value is -3.66. The molecule has 1 amide bonds. The Morgan fingerprint density at radius 1 is 1.00 bits per heavy atom.